The highest BCUT2D eigenvalue weighted by molar-refractivity contribution is 6.31. The molecular weight excluding hydrogens is 302 g/mol. The maximum Gasteiger partial charge on any atom is 0.224 e. The molecule has 2 rings (SSSR count). The summed E-state index contributed by atoms with van der Waals surface area (Å²) < 4.78 is 0. The van der Waals surface area contributed by atoms with Crippen LogP contribution in [0.1, 0.15) is 28.8 Å². The minimum atomic E-state index is -1.37. The Morgan fingerprint density at radius 3 is 2.50 bits per heavy atom. The number of benzene rings is 2. The summed E-state index contributed by atoms with van der Waals surface area (Å²) in [6.07, 6.45) is 1.79. The van der Waals surface area contributed by atoms with Crippen molar-refractivity contribution in [1.29, 1.82) is 0 Å². The SMILES string of the molecule is O=C(CCCc1ccccc1)Nc1ccc(Cl)cc1C(=O)[O-]. The van der Waals surface area contributed by atoms with Crippen LogP contribution in [0.5, 0.6) is 0 Å². The number of nitrogens with one attached hydrogen (secondary N) is 1. The summed E-state index contributed by atoms with van der Waals surface area (Å²) in [7, 11) is 0. The van der Waals surface area contributed by atoms with Crippen molar-refractivity contribution in [2.24, 2.45) is 0 Å². The molecule has 2 aromatic rings. The van der Waals surface area contributed by atoms with Gasteiger partial charge in [0.05, 0.1) is 5.97 Å². The Kier molecular flexibility index (Phi) is 5.55. The van der Waals surface area contributed by atoms with Crippen LogP contribution in [0.2, 0.25) is 5.02 Å². The van der Waals surface area contributed by atoms with Crippen molar-refractivity contribution in [3.63, 3.8) is 0 Å². The third-order valence-corrected chi connectivity index (χ3v) is 3.42. The maximum atomic E-state index is 11.9. The molecule has 0 fully saturated rings. The zero-order chi connectivity index (χ0) is 15.9. The number of aryl methyl sites for hydroxylation is 1. The van der Waals surface area contributed by atoms with Crippen molar-refractivity contribution in [3.05, 3.63) is 64.7 Å². The van der Waals surface area contributed by atoms with E-state index in [1.807, 2.05) is 30.3 Å². The summed E-state index contributed by atoms with van der Waals surface area (Å²) >= 11 is 5.75. The molecule has 5 heteroatoms. The summed E-state index contributed by atoms with van der Waals surface area (Å²) in [5.41, 5.74) is 1.25. The topological polar surface area (TPSA) is 69.2 Å². The molecule has 0 saturated carbocycles. The van der Waals surface area contributed by atoms with Crippen LogP contribution in [0.15, 0.2) is 48.5 Å². The maximum absolute atomic E-state index is 11.9. The third kappa shape index (κ3) is 4.60. The average Bonchev–Trinajstić information content (AvgIpc) is 2.50. The largest absolute Gasteiger partial charge is 0.545 e. The normalized spacial score (nSPS) is 10.2. The lowest BCUT2D eigenvalue weighted by molar-refractivity contribution is -0.254. The second-order valence-corrected chi connectivity index (χ2v) is 5.30. The Hall–Kier alpha value is -2.33. The molecule has 4 nitrogen and oxygen atoms in total. The van der Waals surface area contributed by atoms with Gasteiger partial charge in [-0.25, -0.2) is 0 Å². The van der Waals surface area contributed by atoms with Crippen LogP contribution in [0.4, 0.5) is 5.69 Å². The second-order valence-electron chi connectivity index (χ2n) is 4.86. The van der Waals surface area contributed by atoms with Crippen molar-refractivity contribution >= 4 is 29.2 Å². The van der Waals surface area contributed by atoms with Gasteiger partial charge in [-0.1, -0.05) is 41.9 Å². The third-order valence-electron chi connectivity index (χ3n) is 3.19. The van der Waals surface area contributed by atoms with Crippen LogP contribution in [0.25, 0.3) is 0 Å². The number of rotatable bonds is 6. The highest BCUT2D eigenvalue weighted by Gasteiger charge is 2.08. The van der Waals surface area contributed by atoms with Gasteiger partial charge in [0, 0.05) is 22.7 Å². The van der Waals surface area contributed by atoms with Crippen molar-refractivity contribution in [1.82, 2.24) is 0 Å². The van der Waals surface area contributed by atoms with Crippen molar-refractivity contribution in [2.45, 2.75) is 19.3 Å². The lowest BCUT2D eigenvalue weighted by atomic mass is 10.1. The second kappa shape index (κ2) is 7.61. The van der Waals surface area contributed by atoms with Gasteiger partial charge in [0.1, 0.15) is 0 Å². The van der Waals surface area contributed by atoms with E-state index in [0.29, 0.717) is 12.8 Å². The minimum Gasteiger partial charge on any atom is -0.545 e. The molecule has 114 valence electrons. The molecule has 2 aromatic carbocycles. The number of halogens is 1. The lowest BCUT2D eigenvalue weighted by Crippen LogP contribution is -2.24. The number of carbonyl (C=O) groups excluding carboxylic acids is 2. The molecular formula is C17H15ClNO3-. The summed E-state index contributed by atoms with van der Waals surface area (Å²) in [4.78, 5) is 22.9. The van der Waals surface area contributed by atoms with Gasteiger partial charge in [0.15, 0.2) is 0 Å². The number of carboxylic acid groups (broad SMARTS) is 1. The Morgan fingerprint density at radius 2 is 1.82 bits per heavy atom. The quantitative estimate of drug-likeness (QED) is 0.890. The van der Waals surface area contributed by atoms with E-state index in [4.69, 9.17) is 11.6 Å². The first kappa shape index (κ1) is 16.0. The molecule has 0 unspecified atom stereocenters. The highest BCUT2D eigenvalue weighted by atomic mass is 35.5. The van der Waals surface area contributed by atoms with Crippen LogP contribution in [-0.4, -0.2) is 11.9 Å². The molecule has 0 radical (unpaired) electrons. The number of carbonyl (C=O) groups is 2. The first-order chi connectivity index (χ1) is 10.6. The van der Waals surface area contributed by atoms with Gasteiger partial charge >= 0.3 is 0 Å². The fraction of sp³-hybridized carbons (Fsp3) is 0.176. The molecule has 0 aliphatic heterocycles. The van der Waals surface area contributed by atoms with Crippen LogP contribution < -0.4 is 10.4 Å². The predicted octanol–water partition coefficient (Wildman–Crippen LogP) is 2.66. The Morgan fingerprint density at radius 1 is 1.09 bits per heavy atom. The van der Waals surface area contributed by atoms with E-state index in [-0.39, 0.29) is 22.2 Å². The fourth-order valence-corrected chi connectivity index (χ4v) is 2.28. The Bertz CT molecular complexity index is 671. The van der Waals surface area contributed by atoms with Crippen LogP contribution >= 0.6 is 11.6 Å². The molecule has 1 amide bonds. The summed E-state index contributed by atoms with van der Waals surface area (Å²) in [5, 5.41) is 13.9. The van der Waals surface area contributed by atoms with E-state index in [1.165, 1.54) is 18.2 Å². The van der Waals surface area contributed by atoms with E-state index < -0.39 is 5.97 Å². The Balaban J connectivity index is 1.91. The van der Waals surface area contributed by atoms with Crippen LogP contribution in [0, 0.1) is 0 Å². The van der Waals surface area contributed by atoms with E-state index in [2.05, 4.69) is 5.32 Å². The van der Waals surface area contributed by atoms with E-state index >= 15 is 0 Å². The van der Waals surface area contributed by atoms with Gasteiger partial charge < -0.3 is 15.2 Å². The van der Waals surface area contributed by atoms with Crippen molar-refractivity contribution < 1.29 is 14.7 Å². The molecule has 0 aliphatic carbocycles. The molecule has 0 spiro atoms. The van der Waals surface area contributed by atoms with Gasteiger partial charge in [0.25, 0.3) is 0 Å². The molecule has 1 N–H and O–H groups in total. The number of anilines is 1. The number of carboxylic acids is 1. The molecule has 0 atom stereocenters. The smallest absolute Gasteiger partial charge is 0.224 e. The van der Waals surface area contributed by atoms with Gasteiger partial charge in [-0.3, -0.25) is 4.79 Å². The van der Waals surface area contributed by atoms with E-state index in [9.17, 15) is 14.7 Å². The monoisotopic (exact) mass is 316 g/mol. The zero-order valence-corrected chi connectivity index (χ0v) is 12.6. The minimum absolute atomic E-state index is 0.121. The van der Waals surface area contributed by atoms with E-state index in [0.717, 1.165) is 12.0 Å². The van der Waals surface area contributed by atoms with Crippen LogP contribution in [0.3, 0.4) is 0 Å². The van der Waals surface area contributed by atoms with Gasteiger partial charge in [-0.05, 0) is 36.6 Å². The molecule has 0 heterocycles. The number of amides is 1. The molecule has 22 heavy (non-hydrogen) atoms. The first-order valence-electron chi connectivity index (χ1n) is 6.91. The zero-order valence-electron chi connectivity index (χ0n) is 11.8. The summed E-state index contributed by atoms with van der Waals surface area (Å²) in [6.45, 7) is 0. The fourth-order valence-electron chi connectivity index (χ4n) is 2.10. The van der Waals surface area contributed by atoms with E-state index in [1.54, 1.807) is 0 Å². The predicted molar refractivity (Wildman–Crippen MR) is 83.8 cm³/mol. The van der Waals surface area contributed by atoms with Gasteiger partial charge in [-0.15, -0.1) is 0 Å². The Labute approximate surface area is 133 Å². The lowest BCUT2D eigenvalue weighted by Gasteiger charge is -2.12. The number of hydrogen-bond donors (Lipinski definition) is 1. The first-order valence-corrected chi connectivity index (χ1v) is 7.29. The molecule has 0 aliphatic rings. The van der Waals surface area contributed by atoms with Crippen molar-refractivity contribution in [3.8, 4) is 0 Å². The van der Waals surface area contributed by atoms with Gasteiger partial charge in [-0.2, -0.15) is 0 Å². The molecule has 0 saturated heterocycles. The summed E-state index contributed by atoms with van der Waals surface area (Å²) in [6, 6.07) is 14.1. The van der Waals surface area contributed by atoms with Crippen LogP contribution in [-0.2, 0) is 11.2 Å². The van der Waals surface area contributed by atoms with Gasteiger partial charge in [0.2, 0.25) is 5.91 Å². The summed E-state index contributed by atoms with van der Waals surface area (Å²) in [5.74, 6) is -1.61. The average molecular weight is 317 g/mol. The highest BCUT2D eigenvalue weighted by Crippen LogP contribution is 2.20. The standard InChI is InChI=1S/C17H16ClNO3/c18-13-9-10-15(14(11-13)17(21)22)19-16(20)8-4-7-12-5-2-1-3-6-12/h1-3,5-6,9-11H,4,7-8H2,(H,19,20)(H,21,22)/p-1. The number of hydrogen-bond acceptors (Lipinski definition) is 3. The molecule has 0 aromatic heterocycles. The number of aromatic carboxylic acids is 1. The molecule has 0 bridgehead atoms. The van der Waals surface area contributed by atoms with Crippen molar-refractivity contribution in [2.75, 3.05) is 5.32 Å².